The van der Waals surface area contributed by atoms with E-state index < -0.39 is 0 Å². The minimum atomic E-state index is 0.770. The van der Waals surface area contributed by atoms with Crippen molar-refractivity contribution >= 4 is 0 Å². The summed E-state index contributed by atoms with van der Waals surface area (Å²) in [7, 11) is 1.99. The molecule has 0 radical (unpaired) electrons. The van der Waals surface area contributed by atoms with Crippen LogP contribution in [-0.2, 0) is 26.7 Å². The third kappa shape index (κ3) is 4.49. The fourth-order valence-electron chi connectivity index (χ4n) is 2.78. The average Bonchev–Trinajstić information content (AvgIpc) is 2.92. The van der Waals surface area contributed by atoms with Gasteiger partial charge in [-0.15, -0.1) is 0 Å². The molecular weight excluding hydrogens is 298 g/mol. The van der Waals surface area contributed by atoms with E-state index >= 15 is 0 Å². The molecule has 0 aromatic carbocycles. The van der Waals surface area contributed by atoms with Gasteiger partial charge < -0.3 is 4.57 Å². The number of rotatable bonds is 6. The maximum Gasteiger partial charge on any atom is 0.0947 e. The van der Waals surface area contributed by atoms with Gasteiger partial charge in [-0.05, 0) is 38.1 Å². The fourth-order valence-corrected chi connectivity index (χ4v) is 2.78. The lowest BCUT2D eigenvalue weighted by molar-refractivity contribution is 0.239. The zero-order valence-corrected chi connectivity index (χ0v) is 14.5. The molecule has 0 fully saturated rings. The van der Waals surface area contributed by atoms with Crippen LogP contribution in [0.25, 0.3) is 0 Å². The van der Waals surface area contributed by atoms with Gasteiger partial charge in [0, 0.05) is 44.3 Å². The Morgan fingerprint density at radius 1 is 0.833 bits per heavy atom. The first-order chi connectivity index (χ1) is 11.6. The van der Waals surface area contributed by atoms with Gasteiger partial charge in [-0.3, -0.25) is 14.9 Å². The Morgan fingerprint density at radius 2 is 1.38 bits per heavy atom. The van der Waals surface area contributed by atoms with E-state index in [9.17, 15) is 0 Å². The Morgan fingerprint density at radius 3 is 1.83 bits per heavy atom. The summed E-state index contributed by atoms with van der Waals surface area (Å²) >= 11 is 0. The van der Waals surface area contributed by atoms with E-state index in [0.29, 0.717) is 0 Å². The van der Waals surface area contributed by atoms with Crippen molar-refractivity contribution in [3.05, 3.63) is 77.4 Å². The Bertz CT molecular complexity index is 761. The van der Waals surface area contributed by atoms with E-state index in [1.807, 2.05) is 43.9 Å². The SMILES string of the molecule is Cc1cccc(CN(Cc2cn(C)cn2)Cc2cccc(C)n2)n1. The van der Waals surface area contributed by atoms with Crippen LogP contribution in [0.15, 0.2) is 48.9 Å². The largest absolute Gasteiger partial charge is 0.340 e. The quantitative estimate of drug-likeness (QED) is 0.700. The lowest BCUT2D eigenvalue weighted by Crippen LogP contribution is -2.24. The predicted molar refractivity (Wildman–Crippen MR) is 94.1 cm³/mol. The number of hydrogen-bond donors (Lipinski definition) is 0. The van der Waals surface area contributed by atoms with E-state index in [1.165, 1.54) is 0 Å². The van der Waals surface area contributed by atoms with Gasteiger partial charge in [-0.25, -0.2) is 4.98 Å². The number of imidazole rings is 1. The third-order valence-electron chi connectivity index (χ3n) is 3.81. The number of aryl methyl sites for hydroxylation is 3. The molecule has 124 valence electrons. The van der Waals surface area contributed by atoms with Gasteiger partial charge in [-0.2, -0.15) is 0 Å². The highest BCUT2D eigenvalue weighted by Gasteiger charge is 2.12. The number of aromatic nitrogens is 4. The van der Waals surface area contributed by atoms with Crippen molar-refractivity contribution in [3.8, 4) is 0 Å². The number of pyridine rings is 2. The Hall–Kier alpha value is -2.53. The summed E-state index contributed by atoms with van der Waals surface area (Å²) in [5.41, 5.74) is 5.27. The molecule has 0 saturated heterocycles. The molecule has 0 aliphatic rings. The minimum absolute atomic E-state index is 0.770. The standard InChI is InChI=1S/C19H23N5/c1-15-6-4-8-17(21-15)11-24(13-19-10-23(3)14-20-19)12-18-9-5-7-16(2)22-18/h4-10,14H,11-13H2,1-3H3. The van der Waals surface area contributed by atoms with Gasteiger partial charge >= 0.3 is 0 Å². The van der Waals surface area contributed by atoms with Crippen molar-refractivity contribution in [2.45, 2.75) is 33.5 Å². The van der Waals surface area contributed by atoms with E-state index in [4.69, 9.17) is 0 Å². The molecule has 3 rings (SSSR count). The maximum atomic E-state index is 4.63. The molecule has 0 bridgehead atoms. The van der Waals surface area contributed by atoms with Gasteiger partial charge in [0.15, 0.2) is 0 Å². The lowest BCUT2D eigenvalue weighted by Gasteiger charge is -2.21. The summed E-state index contributed by atoms with van der Waals surface area (Å²) in [6, 6.07) is 12.3. The van der Waals surface area contributed by atoms with Gasteiger partial charge in [0.25, 0.3) is 0 Å². The highest BCUT2D eigenvalue weighted by molar-refractivity contribution is 5.12. The van der Waals surface area contributed by atoms with E-state index in [0.717, 1.165) is 48.1 Å². The van der Waals surface area contributed by atoms with Crippen molar-refractivity contribution in [2.75, 3.05) is 0 Å². The normalized spacial score (nSPS) is 11.2. The first kappa shape index (κ1) is 16.3. The summed E-state index contributed by atoms with van der Waals surface area (Å²) in [5.74, 6) is 0. The van der Waals surface area contributed by atoms with Crippen LogP contribution in [0.3, 0.4) is 0 Å². The van der Waals surface area contributed by atoms with Crippen LogP contribution >= 0.6 is 0 Å². The average molecular weight is 321 g/mol. The van der Waals surface area contributed by atoms with Crippen molar-refractivity contribution in [2.24, 2.45) is 7.05 Å². The Balaban J connectivity index is 1.79. The maximum absolute atomic E-state index is 4.63. The molecule has 0 aliphatic heterocycles. The van der Waals surface area contributed by atoms with Crippen LogP contribution in [0.5, 0.6) is 0 Å². The van der Waals surface area contributed by atoms with Crippen molar-refractivity contribution in [1.82, 2.24) is 24.4 Å². The molecule has 3 aromatic heterocycles. The van der Waals surface area contributed by atoms with E-state index in [2.05, 4.69) is 50.3 Å². The zero-order chi connectivity index (χ0) is 16.9. The zero-order valence-electron chi connectivity index (χ0n) is 14.5. The van der Waals surface area contributed by atoms with Crippen LogP contribution in [-0.4, -0.2) is 24.4 Å². The summed E-state index contributed by atoms with van der Waals surface area (Å²) in [6.07, 6.45) is 3.89. The van der Waals surface area contributed by atoms with Crippen LogP contribution in [0.2, 0.25) is 0 Å². The van der Waals surface area contributed by atoms with Crippen molar-refractivity contribution < 1.29 is 0 Å². The monoisotopic (exact) mass is 321 g/mol. The second-order valence-corrected chi connectivity index (χ2v) is 6.22. The molecule has 0 amide bonds. The van der Waals surface area contributed by atoms with Crippen molar-refractivity contribution in [3.63, 3.8) is 0 Å². The van der Waals surface area contributed by atoms with Gasteiger partial charge in [0.1, 0.15) is 0 Å². The van der Waals surface area contributed by atoms with Gasteiger partial charge in [0.05, 0.1) is 23.4 Å². The van der Waals surface area contributed by atoms with E-state index in [1.54, 1.807) is 0 Å². The first-order valence-corrected chi connectivity index (χ1v) is 8.13. The third-order valence-corrected chi connectivity index (χ3v) is 3.81. The second kappa shape index (κ2) is 7.36. The van der Waals surface area contributed by atoms with Gasteiger partial charge in [-0.1, -0.05) is 12.1 Å². The number of nitrogens with zero attached hydrogens (tertiary/aromatic N) is 5. The minimum Gasteiger partial charge on any atom is -0.340 e. The molecule has 0 spiro atoms. The fraction of sp³-hybridized carbons (Fsp3) is 0.316. The molecule has 5 heteroatoms. The highest BCUT2D eigenvalue weighted by atomic mass is 15.2. The van der Waals surface area contributed by atoms with Crippen LogP contribution in [0.1, 0.15) is 28.5 Å². The van der Waals surface area contributed by atoms with Crippen LogP contribution in [0, 0.1) is 13.8 Å². The number of hydrogen-bond acceptors (Lipinski definition) is 4. The molecular formula is C19H23N5. The summed E-state index contributed by atoms with van der Waals surface area (Å²) in [5, 5.41) is 0. The van der Waals surface area contributed by atoms with Crippen molar-refractivity contribution in [1.29, 1.82) is 0 Å². The molecule has 0 saturated carbocycles. The Kier molecular flexibility index (Phi) is 5.01. The highest BCUT2D eigenvalue weighted by Crippen LogP contribution is 2.12. The molecule has 0 unspecified atom stereocenters. The summed E-state index contributed by atoms with van der Waals surface area (Å²) in [4.78, 5) is 16.0. The van der Waals surface area contributed by atoms with Crippen LogP contribution < -0.4 is 0 Å². The molecule has 3 heterocycles. The summed E-state index contributed by atoms with van der Waals surface area (Å²) in [6.45, 7) is 6.36. The first-order valence-electron chi connectivity index (χ1n) is 8.13. The lowest BCUT2D eigenvalue weighted by atomic mass is 10.2. The topological polar surface area (TPSA) is 46.8 Å². The smallest absolute Gasteiger partial charge is 0.0947 e. The molecule has 24 heavy (non-hydrogen) atoms. The van der Waals surface area contributed by atoms with Crippen LogP contribution in [0.4, 0.5) is 0 Å². The molecule has 3 aromatic rings. The van der Waals surface area contributed by atoms with Gasteiger partial charge in [0.2, 0.25) is 0 Å². The molecule has 5 nitrogen and oxygen atoms in total. The molecule has 0 atom stereocenters. The molecule has 0 aliphatic carbocycles. The Labute approximate surface area is 143 Å². The second-order valence-electron chi connectivity index (χ2n) is 6.22. The molecule has 0 N–H and O–H groups in total. The summed E-state index contributed by atoms with van der Waals surface area (Å²) < 4.78 is 1.98. The predicted octanol–water partition coefficient (Wildman–Crippen LogP) is 3.03. The van der Waals surface area contributed by atoms with E-state index in [-0.39, 0.29) is 0 Å².